The van der Waals surface area contributed by atoms with Gasteiger partial charge < -0.3 is 9.72 Å². The third kappa shape index (κ3) is 5.65. The number of aromatic amines is 1. The van der Waals surface area contributed by atoms with E-state index in [-0.39, 0.29) is 40.5 Å². The number of nitrogens with zero attached hydrogens (tertiary/aromatic N) is 2. The highest BCUT2D eigenvalue weighted by molar-refractivity contribution is 6.43. The van der Waals surface area contributed by atoms with Crippen LogP contribution in [0.3, 0.4) is 0 Å². The predicted octanol–water partition coefficient (Wildman–Crippen LogP) is 4.58. The maximum Gasteiger partial charge on any atom is 0.451 e. The number of alkyl halides is 3. The molecule has 0 aliphatic rings. The zero-order valence-corrected chi connectivity index (χ0v) is 14.5. The van der Waals surface area contributed by atoms with Gasteiger partial charge in [0.05, 0.1) is 21.7 Å². The molecule has 1 aromatic carbocycles. The quantitative estimate of drug-likeness (QED) is 0.532. The van der Waals surface area contributed by atoms with Crippen LogP contribution in [0.2, 0.25) is 15.1 Å². The van der Waals surface area contributed by atoms with Crippen molar-refractivity contribution in [2.45, 2.75) is 19.0 Å². The molecular weight excluding hydrogens is 408 g/mol. The van der Waals surface area contributed by atoms with Crippen molar-refractivity contribution in [3.05, 3.63) is 33.0 Å². The molecule has 1 amide bonds. The van der Waals surface area contributed by atoms with Crippen molar-refractivity contribution in [2.75, 3.05) is 11.9 Å². The number of hydrogen-bond acceptors (Lipinski definition) is 4. The lowest BCUT2D eigenvalue weighted by Gasteiger charge is -2.09. The van der Waals surface area contributed by atoms with E-state index >= 15 is 0 Å². The molecule has 0 atom stereocenters. The molecule has 0 aliphatic carbocycles. The number of nitrogens with one attached hydrogen (secondary N) is 2. The second-order valence-electron chi connectivity index (χ2n) is 4.72. The van der Waals surface area contributed by atoms with E-state index in [9.17, 15) is 18.0 Å². The van der Waals surface area contributed by atoms with E-state index in [2.05, 4.69) is 15.5 Å². The van der Waals surface area contributed by atoms with Crippen LogP contribution in [0, 0.1) is 0 Å². The minimum Gasteiger partial charge on any atom is -0.492 e. The minimum absolute atomic E-state index is 0.0129. The van der Waals surface area contributed by atoms with Crippen LogP contribution in [0.1, 0.15) is 18.7 Å². The topological polar surface area (TPSA) is 79.9 Å². The molecule has 2 N–H and O–H groups in total. The fourth-order valence-corrected chi connectivity index (χ4v) is 2.26. The lowest BCUT2D eigenvalue weighted by molar-refractivity contribution is -0.144. The molecule has 1 aromatic heterocycles. The first-order chi connectivity index (χ1) is 11.7. The summed E-state index contributed by atoms with van der Waals surface area (Å²) in [5.41, 5.74) is 0. The van der Waals surface area contributed by atoms with Gasteiger partial charge in [-0.25, -0.2) is 0 Å². The third-order valence-corrected chi connectivity index (χ3v) is 3.81. The third-order valence-electron chi connectivity index (χ3n) is 2.79. The minimum atomic E-state index is -4.66. The molecule has 0 unspecified atom stereocenters. The van der Waals surface area contributed by atoms with Gasteiger partial charge in [0.15, 0.2) is 0 Å². The molecule has 2 rings (SSSR count). The molecule has 25 heavy (non-hydrogen) atoms. The second-order valence-corrected chi connectivity index (χ2v) is 5.94. The molecule has 0 radical (unpaired) electrons. The van der Waals surface area contributed by atoms with Crippen LogP contribution < -0.4 is 10.1 Å². The Hall–Kier alpha value is -1.71. The van der Waals surface area contributed by atoms with E-state index in [1.165, 1.54) is 12.1 Å². The molecule has 1 heterocycles. The molecule has 0 spiro atoms. The Bertz CT molecular complexity index is 767. The van der Waals surface area contributed by atoms with Crippen molar-refractivity contribution >= 4 is 46.7 Å². The average molecular weight is 418 g/mol. The van der Waals surface area contributed by atoms with Gasteiger partial charge >= 0.3 is 6.18 Å². The highest BCUT2D eigenvalue weighted by Crippen LogP contribution is 2.33. The Morgan fingerprint density at radius 3 is 2.48 bits per heavy atom. The number of carbonyl (C=O) groups is 1. The van der Waals surface area contributed by atoms with E-state index in [0.29, 0.717) is 5.75 Å². The Morgan fingerprint density at radius 2 is 1.84 bits per heavy atom. The molecule has 0 saturated heterocycles. The van der Waals surface area contributed by atoms with Gasteiger partial charge in [-0.2, -0.15) is 13.2 Å². The smallest absolute Gasteiger partial charge is 0.451 e. The Labute approximate surface area is 154 Å². The van der Waals surface area contributed by atoms with E-state index in [1.54, 1.807) is 0 Å². The summed E-state index contributed by atoms with van der Waals surface area (Å²) in [7, 11) is 0. The van der Waals surface area contributed by atoms with Gasteiger partial charge in [-0.1, -0.05) is 34.8 Å². The number of amides is 1. The van der Waals surface area contributed by atoms with Crippen molar-refractivity contribution < 1.29 is 22.7 Å². The van der Waals surface area contributed by atoms with Crippen LogP contribution in [0.25, 0.3) is 0 Å². The van der Waals surface area contributed by atoms with Crippen molar-refractivity contribution in [1.29, 1.82) is 0 Å². The van der Waals surface area contributed by atoms with E-state index in [1.807, 2.05) is 4.98 Å². The van der Waals surface area contributed by atoms with Crippen LogP contribution in [-0.2, 0) is 11.0 Å². The van der Waals surface area contributed by atoms with Crippen LogP contribution in [0.5, 0.6) is 5.75 Å². The number of H-pyrrole nitrogens is 1. The van der Waals surface area contributed by atoms with Gasteiger partial charge in [0, 0.05) is 12.5 Å². The fourth-order valence-electron chi connectivity index (χ4n) is 1.67. The first-order valence-corrected chi connectivity index (χ1v) is 7.87. The van der Waals surface area contributed by atoms with Crippen LogP contribution in [0.4, 0.5) is 19.1 Å². The average Bonchev–Trinajstić information content (AvgIpc) is 2.97. The molecule has 12 heteroatoms. The number of hydrogen-bond donors (Lipinski definition) is 2. The summed E-state index contributed by atoms with van der Waals surface area (Å²) in [6, 6.07) is 2.87. The van der Waals surface area contributed by atoms with Crippen LogP contribution >= 0.6 is 34.8 Å². The zero-order valence-electron chi connectivity index (χ0n) is 12.3. The monoisotopic (exact) mass is 416 g/mol. The predicted molar refractivity (Wildman–Crippen MR) is 86.2 cm³/mol. The molecule has 0 saturated carbocycles. The molecule has 0 aliphatic heterocycles. The summed E-state index contributed by atoms with van der Waals surface area (Å²) in [5.74, 6) is -1.92. The highest BCUT2D eigenvalue weighted by Gasteiger charge is 2.35. The van der Waals surface area contributed by atoms with Gasteiger partial charge in [0.1, 0.15) is 5.75 Å². The van der Waals surface area contributed by atoms with Crippen LogP contribution in [-0.4, -0.2) is 27.7 Å². The summed E-state index contributed by atoms with van der Waals surface area (Å²) in [4.78, 5) is 13.5. The maximum absolute atomic E-state index is 12.3. The summed E-state index contributed by atoms with van der Waals surface area (Å²) in [5, 5.41) is 9.07. The molecular formula is C13H10Cl3F3N4O2. The van der Waals surface area contributed by atoms with E-state index < -0.39 is 17.9 Å². The van der Waals surface area contributed by atoms with Crippen molar-refractivity contribution in [3.8, 4) is 5.75 Å². The summed E-state index contributed by atoms with van der Waals surface area (Å²) >= 11 is 17.6. The fraction of sp³-hybridized carbons (Fsp3) is 0.308. The normalized spacial score (nSPS) is 11.4. The molecule has 2 aromatic rings. The molecule has 0 fully saturated rings. The first-order valence-electron chi connectivity index (χ1n) is 6.74. The second kappa shape index (κ2) is 8.11. The van der Waals surface area contributed by atoms with Gasteiger partial charge in [0.25, 0.3) is 0 Å². The van der Waals surface area contributed by atoms with E-state index in [4.69, 9.17) is 39.5 Å². The molecule has 0 bridgehead atoms. The Balaban J connectivity index is 1.77. The van der Waals surface area contributed by atoms with Gasteiger partial charge in [-0.3, -0.25) is 10.1 Å². The Morgan fingerprint density at radius 1 is 1.16 bits per heavy atom. The number of ether oxygens (including phenoxy) is 1. The largest absolute Gasteiger partial charge is 0.492 e. The van der Waals surface area contributed by atoms with Crippen molar-refractivity contribution in [1.82, 2.24) is 15.2 Å². The van der Waals surface area contributed by atoms with Gasteiger partial charge in [-0.15, -0.1) is 10.2 Å². The summed E-state index contributed by atoms with van der Waals surface area (Å²) in [6.07, 6.45) is -4.40. The van der Waals surface area contributed by atoms with Crippen LogP contribution in [0.15, 0.2) is 12.1 Å². The van der Waals surface area contributed by atoms with Crippen molar-refractivity contribution in [2.24, 2.45) is 0 Å². The number of rotatable bonds is 6. The number of carbonyl (C=O) groups excluding carboxylic acids is 1. The first kappa shape index (κ1) is 19.6. The summed E-state index contributed by atoms with van der Waals surface area (Å²) in [6.45, 7) is 0.134. The van der Waals surface area contributed by atoms with Gasteiger partial charge in [0.2, 0.25) is 17.7 Å². The Kier molecular flexibility index (Phi) is 6.36. The number of aromatic nitrogens is 3. The highest BCUT2D eigenvalue weighted by atomic mass is 35.5. The van der Waals surface area contributed by atoms with E-state index in [0.717, 1.165) is 0 Å². The lowest BCUT2D eigenvalue weighted by atomic mass is 10.3. The number of halogens is 6. The number of anilines is 1. The molecule has 136 valence electrons. The zero-order chi connectivity index (χ0) is 18.6. The van der Waals surface area contributed by atoms with Crippen molar-refractivity contribution in [3.63, 3.8) is 0 Å². The summed E-state index contributed by atoms with van der Waals surface area (Å²) < 4.78 is 42.4. The lowest BCUT2D eigenvalue weighted by Crippen LogP contribution is -2.14. The number of benzene rings is 1. The van der Waals surface area contributed by atoms with Gasteiger partial charge in [-0.05, 0) is 12.5 Å². The standard InChI is InChI=1S/C13H10Cl3F3N4O2/c14-6-4-8(16)9(5-7(6)15)25-3-1-2-10(24)20-12-21-11(22-23-12)13(17,18)19/h4-5H,1-3H2,(H2,20,21,22,23,24). The molecule has 6 nitrogen and oxygen atoms in total. The SMILES string of the molecule is O=C(CCCOc1cc(Cl)c(Cl)cc1Cl)Nc1nnc(C(F)(F)F)[nH]1. The maximum atomic E-state index is 12.3.